The molecular weight excluding hydrogens is 312 g/mol. The first-order valence-electron chi connectivity index (χ1n) is 8.42. The van der Waals surface area contributed by atoms with E-state index in [2.05, 4.69) is 0 Å². The molecule has 138 valence electrons. The molecule has 2 unspecified atom stereocenters. The Morgan fingerprint density at radius 1 is 0.833 bits per heavy atom. The molecule has 0 saturated carbocycles. The SMILES string of the molecule is CC=CC(O)CCOC(=O)CCCCC(=O)OCCC(O)C=CC. The van der Waals surface area contributed by atoms with Crippen molar-refractivity contribution in [3.8, 4) is 0 Å². The number of unbranched alkanes of at least 4 members (excludes halogenated alkanes) is 1. The van der Waals surface area contributed by atoms with E-state index in [0.29, 0.717) is 25.7 Å². The van der Waals surface area contributed by atoms with Gasteiger partial charge in [0.05, 0.1) is 25.4 Å². The van der Waals surface area contributed by atoms with E-state index in [1.54, 1.807) is 24.3 Å². The molecule has 2 N–H and O–H groups in total. The topological polar surface area (TPSA) is 93.1 Å². The molecule has 0 fully saturated rings. The number of allylic oxidation sites excluding steroid dienone is 2. The predicted molar refractivity (Wildman–Crippen MR) is 91.3 cm³/mol. The number of hydrogen-bond donors (Lipinski definition) is 2. The molecule has 0 spiro atoms. The van der Waals surface area contributed by atoms with E-state index in [9.17, 15) is 19.8 Å². The summed E-state index contributed by atoms with van der Waals surface area (Å²) in [5.41, 5.74) is 0. The van der Waals surface area contributed by atoms with Gasteiger partial charge in [-0.3, -0.25) is 9.59 Å². The lowest BCUT2D eigenvalue weighted by atomic mass is 10.2. The van der Waals surface area contributed by atoms with Gasteiger partial charge in [0.1, 0.15) is 0 Å². The van der Waals surface area contributed by atoms with Gasteiger partial charge in [-0.25, -0.2) is 0 Å². The summed E-state index contributed by atoms with van der Waals surface area (Å²) in [7, 11) is 0. The third kappa shape index (κ3) is 14.0. The Morgan fingerprint density at radius 3 is 1.54 bits per heavy atom. The third-order valence-corrected chi connectivity index (χ3v) is 3.19. The van der Waals surface area contributed by atoms with Crippen LogP contribution >= 0.6 is 0 Å². The lowest BCUT2D eigenvalue weighted by Gasteiger charge is -2.08. The van der Waals surface area contributed by atoms with Crippen LogP contribution in [0.3, 0.4) is 0 Å². The Bertz CT molecular complexity index is 364. The van der Waals surface area contributed by atoms with E-state index in [0.717, 1.165) is 0 Å². The molecule has 0 heterocycles. The molecule has 0 aromatic carbocycles. The molecule has 6 nitrogen and oxygen atoms in total. The van der Waals surface area contributed by atoms with Crippen molar-refractivity contribution in [3.63, 3.8) is 0 Å². The standard InChI is InChI=1S/C18H30O6/c1-3-7-15(19)11-13-23-17(21)9-5-6-10-18(22)24-14-12-16(20)8-4-2/h3-4,7-8,15-16,19-20H,5-6,9-14H2,1-2H3. The summed E-state index contributed by atoms with van der Waals surface area (Å²) in [6, 6.07) is 0. The highest BCUT2D eigenvalue weighted by Crippen LogP contribution is 2.05. The van der Waals surface area contributed by atoms with Gasteiger partial charge in [0.15, 0.2) is 0 Å². The summed E-state index contributed by atoms with van der Waals surface area (Å²) in [5.74, 6) is -0.656. The molecule has 0 aliphatic heterocycles. The summed E-state index contributed by atoms with van der Waals surface area (Å²) in [6.45, 7) is 3.98. The number of ether oxygens (including phenoxy) is 2. The van der Waals surface area contributed by atoms with Gasteiger partial charge < -0.3 is 19.7 Å². The number of rotatable bonds is 13. The van der Waals surface area contributed by atoms with Gasteiger partial charge in [-0.15, -0.1) is 0 Å². The van der Waals surface area contributed by atoms with Crippen molar-refractivity contribution < 1.29 is 29.3 Å². The van der Waals surface area contributed by atoms with Gasteiger partial charge in [-0.2, -0.15) is 0 Å². The van der Waals surface area contributed by atoms with Crippen LogP contribution < -0.4 is 0 Å². The lowest BCUT2D eigenvalue weighted by Crippen LogP contribution is -2.12. The Labute approximate surface area is 144 Å². The zero-order valence-electron chi connectivity index (χ0n) is 14.6. The van der Waals surface area contributed by atoms with Crippen molar-refractivity contribution in [2.45, 2.75) is 64.6 Å². The largest absolute Gasteiger partial charge is 0.466 e. The highest BCUT2D eigenvalue weighted by molar-refractivity contribution is 5.70. The smallest absolute Gasteiger partial charge is 0.305 e. The Morgan fingerprint density at radius 2 is 1.21 bits per heavy atom. The van der Waals surface area contributed by atoms with Crippen LogP contribution in [0.15, 0.2) is 24.3 Å². The van der Waals surface area contributed by atoms with E-state index < -0.39 is 12.2 Å². The molecule has 0 saturated heterocycles. The van der Waals surface area contributed by atoms with Crippen LogP contribution in [0, 0.1) is 0 Å². The molecular formula is C18H30O6. The summed E-state index contributed by atoms with van der Waals surface area (Å²) in [5, 5.41) is 18.8. The van der Waals surface area contributed by atoms with E-state index in [1.165, 1.54) is 0 Å². The van der Waals surface area contributed by atoms with Crippen molar-refractivity contribution in [2.24, 2.45) is 0 Å². The zero-order chi connectivity index (χ0) is 18.2. The number of hydrogen-bond acceptors (Lipinski definition) is 6. The maximum atomic E-state index is 11.5. The molecule has 0 rings (SSSR count). The van der Waals surface area contributed by atoms with Crippen LogP contribution in [0.4, 0.5) is 0 Å². The summed E-state index contributed by atoms with van der Waals surface area (Å²) >= 11 is 0. The molecule has 0 aromatic heterocycles. The first-order valence-corrected chi connectivity index (χ1v) is 8.42. The number of aliphatic hydroxyl groups excluding tert-OH is 2. The predicted octanol–water partition coefficient (Wildman–Crippen LogP) is 2.29. The van der Waals surface area contributed by atoms with Gasteiger partial charge in [0.25, 0.3) is 0 Å². The fraction of sp³-hybridized carbons (Fsp3) is 0.667. The lowest BCUT2D eigenvalue weighted by molar-refractivity contribution is -0.146. The molecule has 0 aliphatic rings. The van der Waals surface area contributed by atoms with E-state index in [1.807, 2.05) is 13.8 Å². The maximum absolute atomic E-state index is 11.5. The number of carbonyl (C=O) groups excluding carboxylic acids is 2. The zero-order valence-corrected chi connectivity index (χ0v) is 14.6. The second kappa shape index (κ2) is 14.9. The van der Waals surface area contributed by atoms with E-state index in [-0.39, 0.29) is 38.0 Å². The third-order valence-electron chi connectivity index (χ3n) is 3.19. The van der Waals surface area contributed by atoms with Crippen molar-refractivity contribution >= 4 is 11.9 Å². The van der Waals surface area contributed by atoms with Crippen LogP contribution in [0.2, 0.25) is 0 Å². The number of esters is 2. The van der Waals surface area contributed by atoms with Crippen LogP contribution in [0.25, 0.3) is 0 Å². The molecule has 0 aliphatic carbocycles. The van der Waals surface area contributed by atoms with Crippen molar-refractivity contribution in [1.82, 2.24) is 0 Å². The first-order chi connectivity index (χ1) is 11.5. The Balaban J connectivity index is 3.56. The van der Waals surface area contributed by atoms with E-state index in [4.69, 9.17) is 9.47 Å². The first kappa shape index (κ1) is 22.3. The highest BCUT2D eigenvalue weighted by atomic mass is 16.5. The van der Waals surface area contributed by atoms with E-state index >= 15 is 0 Å². The van der Waals surface area contributed by atoms with Crippen LogP contribution in [0.5, 0.6) is 0 Å². The fourth-order valence-electron chi connectivity index (χ4n) is 1.91. The minimum Gasteiger partial charge on any atom is -0.466 e. The number of aliphatic hydroxyl groups is 2. The van der Waals surface area contributed by atoms with Gasteiger partial charge in [0, 0.05) is 25.7 Å². The number of carbonyl (C=O) groups is 2. The molecule has 0 bridgehead atoms. The quantitative estimate of drug-likeness (QED) is 0.303. The van der Waals surface area contributed by atoms with Crippen molar-refractivity contribution in [2.75, 3.05) is 13.2 Å². The van der Waals surface area contributed by atoms with Crippen molar-refractivity contribution in [3.05, 3.63) is 24.3 Å². The molecule has 0 radical (unpaired) electrons. The average Bonchev–Trinajstić information content (AvgIpc) is 2.52. The molecule has 0 aromatic rings. The van der Waals surface area contributed by atoms with Crippen LogP contribution in [-0.4, -0.2) is 47.6 Å². The normalized spacial score (nSPS) is 14.0. The van der Waals surface area contributed by atoms with Gasteiger partial charge in [-0.05, 0) is 26.7 Å². The average molecular weight is 342 g/mol. The fourth-order valence-corrected chi connectivity index (χ4v) is 1.91. The summed E-state index contributed by atoms with van der Waals surface area (Å²) < 4.78 is 9.99. The van der Waals surface area contributed by atoms with Gasteiger partial charge in [-0.1, -0.05) is 24.3 Å². The second-order valence-corrected chi connectivity index (χ2v) is 5.41. The monoisotopic (exact) mass is 342 g/mol. The molecule has 6 heteroatoms. The Kier molecular flexibility index (Phi) is 13.9. The van der Waals surface area contributed by atoms with Crippen molar-refractivity contribution in [1.29, 1.82) is 0 Å². The second-order valence-electron chi connectivity index (χ2n) is 5.41. The maximum Gasteiger partial charge on any atom is 0.305 e. The Hall–Kier alpha value is -1.66. The van der Waals surface area contributed by atoms with Crippen LogP contribution in [-0.2, 0) is 19.1 Å². The molecule has 0 amide bonds. The van der Waals surface area contributed by atoms with Gasteiger partial charge in [0.2, 0.25) is 0 Å². The molecule has 24 heavy (non-hydrogen) atoms. The summed E-state index contributed by atoms with van der Waals surface area (Å²) in [4.78, 5) is 22.9. The minimum atomic E-state index is -0.594. The minimum absolute atomic E-state index is 0.181. The molecule has 2 atom stereocenters. The van der Waals surface area contributed by atoms with Gasteiger partial charge >= 0.3 is 11.9 Å². The summed E-state index contributed by atoms with van der Waals surface area (Å²) in [6.07, 6.45) is 7.91. The highest BCUT2D eigenvalue weighted by Gasteiger charge is 2.08. The van der Waals surface area contributed by atoms with Crippen LogP contribution in [0.1, 0.15) is 52.4 Å².